The Kier molecular flexibility index (Phi) is 19.3. The highest BCUT2D eigenvalue weighted by molar-refractivity contribution is 7.44. The van der Waals surface area contributed by atoms with Crippen LogP contribution in [0.25, 0.3) is 0 Å². The first-order valence-electron chi connectivity index (χ1n) is 21.0. The van der Waals surface area contributed by atoms with E-state index in [-0.39, 0.29) is 64.2 Å². The topological polar surface area (TPSA) is 195 Å². The van der Waals surface area contributed by atoms with E-state index in [1.54, 1.807) is 20.3 Å². The average Bonchev–Trinajstić information content (AvgIpc) is 3.62. The van der Waals surface area contributed by atoms with E-state index in [2.05, 4.69) is 21.4 Å². The molecular weight excluding hydrogens is 844 g/mol. The molecule has 3 aromatic carbocycles. The summed E-state index contributed by atoms with van der Waals surface area (Å²) in [5.41, 5.74) is 1.12. The Morgan fingerprint density at radius 1 is 0.859 bits per heavy atom. The standard InChI is InChI=1S/C46H59N6O11P/c1-32(2)52(33(3)4)64(61-28-12-25-48)63-42-40(62-44(43(42)59-31-58-30-57-27-11-24-47)51-26-23-41(49-34(5)53)50-45(51)54)29-60-46(35-13-9-8-10-14-35,36-15-19-38(55-6)20-16-36)37-17-21-39(56-7)22-18-37/h8-10,13-23,26,32-33,40-44H,11-12,27-31H2,1-7H3,(H,49,53)(H,50,54)/t40-,41?,42+,43+,44-,64?/m1/s1. The molecule has 0 aliphatic carbocycles. The van der Waals surface area contributed by atoms with Gasteiger partial charge in [-0.25, -0.2) is 9.46 Å². The van der Waals surface area contributed by atoms with Crippen LogP contribution in [0.3, 0.4) is 0 Å². The summed E-state index contributed by atoms with van der Waals surface area (Å²) in [7, 11) is 1.32. The van der Waals surface area contributed by atoms with Gasteiger partial charge in [0.2, 0.25) is 5.91 Å². The number of carbonyl (C=O) groups is 2. The van der Waals surface area contributed by atoms with Crippen LogP contribution in [-0.2, 0) is 43.1 Å². The molecule has 18 heteroatoms. The van der Waals surface area contributed by atoms with Crippen molar-refractivity contribution in [3.8, 4) is 23.6 Å². The van der Waals surface area contributed by atoms with Gasteiger partial charge in [0, 0.05) is 25.2 Å². The molecule has 2 heterocycles. The third-order valence-electron chi connectivity index (χ3n) is 10.3. The average molecular weight is 903 g/mol. The Morgan fingerprint density at radius 2 is 1.45 bits per heavy atom. The van der Waals surface area contributed by atoms with Crippen LogP contribution in [0.1, 0.15) is 64.2 Å². The zero-order valence-corrected chi connectivity index (χ0v) is 38.3. The van der Waals surface area contributed by atoms with Gasteiger partial charge in [0.25, 0.3) is 8.53 Å². The minimum atomic E-state index is -1.90. The van der Waals surface area contributed by atoms with Crippen molar-refractivity contribution in [2.24, 2.45) is 0 Å². The smallest absolute Gasteiger partial charge is 0.325 e. The van der Waals surface area contributed by atoms with Gasteiger partial charge in [-0.2, -0.15) is 10.5 Å². The van der Waals surface area contributed by atoms with Crippen molar-refractivity contribution in [2.45, 2.75) is 95.9 Å². The third-order valence-corrected chi connectivity index (χ3v) is 12.4. The fraction of sp³-hybridized carbons (Fsp3) is 0.478. The number of nitrogens with one attached hydrogen (secondary N) is 2. The van der Waals surface area contributed by atoms with E-state index < -0.39 is 50.9 Å². The molecule has 0 bridgehead atoms. The fourth-order valence-corrected chi connectivity index (χ4v) is 9.22. The van der Waals surface area contributed by atoms with Gasteiger partial charge in [-0.15, -0.1) is 0 Å². The van der Waals surface area contributed by atoms with Crippen LogP contribution in [0.15, 0.2) is 91.1 Å². The van der Waals surface area contributed by atoms with Crippen LogP contribution in [0.4, 0.5) is 4.79 Å². The zero-order valence-electron chi connectivity index (χ0n) is 37.4. The van der Waals surface area contributed by atoms with Crippen molar-refractivity contribution < 1.29 is 51.8 Å². The number of nitrogens with zero attached hydrogens (tertiary/aromatic N) is 4. The molecular formula is C46H59N6O11P. The highest BCUT2D eigenvalue weighted by atomic mass is 31.2. The Labute approximate surface area is 377 Å². The van der Waals surface area contributed by atoms with Crippen molar-refractivity contribution in [3.63, 3.8) is 0 Å². The molecule has 64 heavy (non-hydrogen) atoms. The Bertz CT molecular complexity index is 1970. The molecule has 2 N–H and O–H groups in total. The number of nitriles is 2. The molecule has 0 aromatic heterocycles. The number of benzene rings is 3. The maximum absolute atomic E-state index is 13.9. The molecule has 0 radical (unpaired) electrons. The molecule has 1 fully saturated rings. The summed E-state index contributed by atoms with van der Waals surface area (Å²) in [5, 5.41) is 23.9. The Balaban J connectivity index is 1.64. The molecule has 17 nitrogen and oxygen atoms in total. The molecule has 0 saturated carbocycles. The maximum Gasteiger partial charge on any atom is 0.325 e. The van der Waals surface area contributed by atoms with Gasteiger partial charge >= 0.3 is 6.03 Å². The van der Waals surface area contributed by atoms with Gasteiger partial charge in [-0.3, -0.25) is 9.69 Å². The van der Waals surface area contributed by atoms with E-state index in [0.29, 0.717) is 11.5 Å². The number of amides is 3. The van der Waals surface area contributed by atoms with E-state index in [1.165, 1.54) is 18.0 Å². The van der Waals surface area contributed by atoms with Crippen molar-refractivity contribution in [2.75, 3.05) is 47.6 Å². The van der Waals surface area contributed by atoms with Crippen LogP contribution < -0.4 is 20.1 Å². The third kappa shape index (κ3) is 12.8. The van der Waals surface area contributed by atoms with Crippen molar-refractivity contribution >= 4 is 20.5 Å². The second-order valence-electron chi connectivity index (χ2n) is 15.3. The molecule has 0 spiro atoms. The van der Waals surface area contributed by atoms with Gasteiger partial charge in [-0.05, 0) is 74.7 Å². The lowest BCUT2D eigenvalue weighted by Crippen LogP contribution is -2.57. The lowest BCUT2D eigenvalue weighted by atomic mass is 9.80. The summed E-state index contributed by atoms with van der Waals surface area (Å²) in [6.07, 6.45) is -1.42. The quantitative estimate of drug-likeness (QED) is 0.0397. The molecule has 5 rings (SSSR count). The van der Waals surface area contributed by atoms with Crippen molar-refractivity contribution in [3.05, 3.63) is 108 Å². The van der Waals surface area contributed by atoms with E-state index in [9.17, 15) is 14.9 Å². The first kappa shape index (κ1) is 49.8. The zero-order chi connectivity index (χ0) is 46.1. The summed E-state index contributed by atoms with van der Waals surface area (Å²) in [6, 6.07) is 28.6. The molecule has 344 valence electrons. The van der Waals surface area contributed by atoms with Gasteiger partial charge in [0.1, 0.15) is 55.2 Å². The summed E-state index contributed by atoms with van der Waals surface area (Å²) in [6.45, 7) is 9.14. The number of carbonyl (C=O) groups excluding carboxylic acids is 2. The monoisotopic (exact) mass is 902 g/mol. The Morgan fingerprint density at radius 3 is 2.00 bits per heavy atom. The van der Waals surface area contributed by atoms with E-state index >= 15 is 0 Å². The molecule has 1 saturated heterocycles. The Hall–Kier alpha value is -5.17. The van der Waals surface area contributed by atoms with Crippen LogP contribution >= 0.6 is 8.53 Å². The predicted molar refractivity (Wildman–Crippen MR) is 236 cm³/mol. The van der Waals surface area contributed by atoms with E-state index in [1.807, 2.05) is 113 Å². The van der Waals surface area contributed by atoms with Crippen LogP contribution in [0.2, 0.25) is 0 Å². The van der Waals surface area contributed by atoms with Crippen molar-refractivity contribution in [1.29, 1.82) is 10.5 Å². The van der Waals surface area contributed by atoms with Crippen LogP contribution in [0, 0.1) is 22.7 Å². The second-order valence-corrected chi connectivity index (χ2v) is 16.7. The summed E-state index contributed by atoms with van der Waals surface area (Å²) in [4.78, 5) is 27.2. The molecule has 2 unspecified atom stereocenters. The molecule has 3 amide bonds. The molecule has 2 aliphatic heterocycles. The number of urea groups is 1. The molecule has 3 aromatic rings. The minimum Gasteiger partial charge on any atom is -0.497 e. The number of ether oxygens (including phenoxy) is 7. The maximum atomic E-state index is 13.9. The lowest BCUT2D eigenvalue weighted by Gasteiger charge is -2.39. The van der Waals surface area contributed by atoms with Crippen molar-refractivity contribution in [1.82, 2.24) is 20.2 Å². The summed E-state index contributed by atoms with van der Waals surface area (Å²) in [5.74, 6) is 0.986. The number of rotatable bonds is 25. The molecule has 2 aliphatic rings. The lowest BCUT2D eigenvalue weighted by molar-refractivity contribution is -0.175. The summed E-state index contributed by atoms with van der Waals surface area (Å²) < 4.78 is 58.5. The van der Waals surface area contributed by atoms with Gasteiger partial charge in [-0.1, -0.05) is 54.6 Å². The second kappa shape index (κ2) is 24.8. The number of hydrogen-bond donors (Lipinski definition) is 2. The minimum absolute atomic E-state index is 0.0494. The SMILES string of the molecule is COc1ccc(C(OC[C@H]2O[C@@H](N3C=CC(NC(C)=O)NC3=O)[C@@H](OCOCOCCC#N)[C@H]2OP(OCCC#N)N(C(C)C)C(C)C)(c2ccccc2)c2ccc(OC)cc2)cc1. The summed E-state index contributed by atoms with van der Waals surface area (Å²) >= 11 is 0. The van der Waals surface area contributed by atoms with E-state index in [0.717, 1.165) is 16.7 Å². The normalized spacial score (nSPS) is 20.2. The van der Waals surface area contributed by atoms with Gasteiger partial charge in [0.05, 0.1) is 59.0 Å². The number of methoxy groups -OCH3 is 2. The van der Waals surface area contributed by atoms with Crippen LogP contribution in [-0.4, -0.2) is 112 Å². The van der Waals surface area contributed by atoms with Gasteiger partial charge in [0.15, 0.2) is 6.23 Å². The first-order chi connectivity index (χ1) is 31.0. The van der Waals surface area contributed by atoms with Gasteiger partial charge < -0.3 is 52.8 Å². The van der Waals surface area contributed by atoms with Crippen LogP contribution in [0.5, 0.6) is 11.5 Å². The fourth-order valence-electron chi connectivity index (χ4n) is 7.45. The predicted octanol–water partition coefficient (Wildman–Crippen LogP) is 6.65. The van der Waals surface area contributed by atoms with E-state index in [4.69, 9.17) is 47.5 Å². The largest absolute Gasteiger partial charge is 0.497 e. The highest BCUT2D eigenvalue weighted by Gasteiger charge is 2.53. The first-order valence-corrected chi connectivity index (χ1v) is 22.2. The molecule has 6 atom stereocenters. The highest BCUT2D eigenvalue weighted by Crippen LogP contribution is 2.50. The number of hydrogen-bond acceptors (Lipinski definition) is 14.